The molecule has 3 rings (SSSR count). The van der Waals surface area contributed by atoms with Gasteiger partial charge in [0.05, 0.1) is 5.71 Å². The molecule has 1 aliphatic heterocycles. The van der Waals surface area contributed by atoms with Gasteiger partial charge in [-0.25, -0.2) is 0 Å². The van der Waals surface area contributed by atoms with Gasteiger partial charge < -0.3 is 14.8 Å². The second kappa shape index (κ2) is 7.51. The van der Waals surface area contributed by atoms with E-state index in [1.54, 1.807) is 0 Å². The van der Waals surface area contributed by atoms with Gasteiger partial charge in [0, 0.05) is 11.6 Å². The van der Waals surface area contributed by atoms with Crippen molar-refractivity contribution in [2.75, 3.05) is 6.79 Å². The van der Waals surface area contributed by atoms with Crippen molar-refractivity contribution in [1.29, 1.82) is 0 Å². The maximum absolute atomic E-state index is 5.98. The van der Waals surface area contributed by atoms with Crippen LogP contribution in [-0.4, -0.2) is 17.6 Å². The molecule has 24 heavy (non-hydrogen) atoms. The molecule has 0 fully saturated rings. The lowest BCUT2D eigenvalue weighted by Gasteiger charge is -2.09. The average Bonchev–Trinajstić information content (AvgIpc) is 3.05. The number of hydrazone groups is 1. The van der Waals surface area contributed by atoms with Crippen molar-refractivity contribution in [1.82, 2.24) is 10.7 Å². The lowest BCUT2D eigenvalue weighted by molar-refractivity contribution is 0.174. The quantitative estimate of drug-likeness (QED) is 0.496. The van der Waals surface area contributed by atoms with Crippen LogP contribution in [0.15, 0.2) is 47.6 Å². The Hall–Kier alpha value is -2.31. The zero-order valence-corrected chi connectivity index (χ0v) is 14.6. The molecule has 5 nitrogen and oxygen atoms in total. The van der Waals surface area contributed by atoms with Crippen LogP contribution in [0.4, 0.5) is 0 Å². The van der Waals surface area contributed by atoms with Crippen LogP contribution >= 0.6 is 23.8 Å². The lowest BCUT2D eigenvalue weighted by Crippen LogP contribution is -2.32. The molecule has 0 saturated carbocycles. The number of halogens is 1. The molecule has 7 heteroatoms. The first kappa shape index (κ1) is 16.5. The van der Waals surface area contributed by atoms with Crippen molar-refractivity contribution in [3.05, 3.63) is 58.6 Å². The van der Waals surface area contributed by atoms with E-state index in [9.17, 15) is 0 Å². The van der Waals surface area contributed by atoms with Crippen molar-refractivity contribution in [3.63, 3.8) is 0 Å². The number of hydrogen-bond donors (Lipinski definition) is 2. The topological polar surface area (TPSA) is 54.9 Å². The highest BCUT2D eigenvalue weighted by Crippen LogP contribution is 2.32. The van der Waals surface area contributed by atoms with Crippen LogP contribution in [0.3, 0.4) is 0 Å². The summed E-state index contributed by atoms with van der Waals surface area (Å²) in [5.74, 6) is 1.52. The van der Waals surface area contributed by atoms with E-state index in [1.807, 2.05) is 49.4 Å². The van der Waals surface area contributed by atoms with Crippen LogP contribution in [0.1, 0.15) is 18.1 Å². The first-order valence-corrected chi connectivity index (χ1v) is 8.13. The fraction of sp³-hybridized carbons (Fsp3) is 0.176. The summed E-state index contributed by atoms with van der Waals surface area (Å²) in [4.78, 5) is 0. The summed E-state index contributed by atoms with van der Waals surface area (Å²) >= 11 is 11.2. The van der Waals surface area contributed by atoms with Gasteiger partial charge in [0.25, 0.3) is 0 Å². The first-order valence-electron chi connectivity index (χ1n) is 7.34. The van der Waals surface area contributed by atoms with Gasteiger partial charge in [0.15, 0.2) is 16.6 Å². The van der Waals surface area contributed by atoms with Gasteiger partial charge in [-0.3, -0.25) is 5.43 Å². The van der Waals surface area contributed by atoms with Crippen molar-refractivity contribution in [2.45, 2.75) is 13.5 Å². The molecular weight excluding hydrogens is 346 g/mol. The van der Waals surface area contributed by atoms with Crippen molar-refractivity contribution in [2.24, 2.45) is 5.10 Å². The summed E-state index contributed by atoms with van der Waals surface area (Å²) in [5, 5.41) is 8.48. The number of nitrogens with zero attached hydrogens (tertiary/aromatic N) is 1. The molecule has 1 heterocycles. The van der Waals surface area contributed by atoms with Crippen LogP contribution in [-0.2, 0) is 6.54 Å². The van der Waals surface area contributed by atoms with E-state index >= 15 is 0 Å². The fourth-order valence-corrected chi connectivity index (χ4v) is 2.49. The number of rotatable bonds is 4. The molecule has 2 N–H and O–H groups in total. The van der Waals surface area contributed by atoms with Gasteiger partial charge in [-0.1, -0.05) is 29.8 Å². The van der Waals surface area contributed by atoms with Crippen LogP contribution < -0.4 is 20.2 Å². The summed E-state index contributed by atoms with van der Waals surface area (Å²) in [5.41, 5.74) is 5.61. The molecular formula is C17H16ClN3O2S. The molecule has 0 radical (unpaired) electrons. The van der Waals surface area contributed by atoms with E-state index < -0.39 is 0 Å². The Balaban J connectivity index is 1.53. The van der Waals surface area contributed by atoms with Gasteiger partial charge in [-0.2, -0.15) is 5.10 Å². The molecule has 0 saturated heterocycles. The third-order valence-electron chi connectivity index (χ3n) is 3.46. The van der Waals surface area contributed by atoms with E-state index in [0.29, 0.717) is 16.7 Å². The maximum Gasteiger partial charge on any atom is 0.231 e. The Morgan fingerprint density at radius 3 is 2.88 bits per heavy atom. The predicted molar refractivity (Wildman–Crippen MR) is 98.8 cm³/mol. The summed E-state index contributed by atoms with van der Waals surface area (Å²) in [6, 6.07) is 13.3. The van der Waals surface area contributed by atoms with Gasteiger partial charge in [-0.15, -0.1) is 0 Å². The largest absolute Gasteiger partial charge is 0.454 e. The summed E-state index contributed by atoms with van der Waals surface area (Å²) in [7, 11) is 0. The van der Waals surface area contributed by atoms with Crippen LogP contribution in [0.25, 0.3) is 0 Å². The molecule has 124 valence electrons. The molecule has 0 unspecified atom stereocenters. The van der Waals surface area contributed by atoms with E-state index in [-0.39, 0.29) is 6.79 Å². The Bertz CT molecular complexity index is 795. The number of nitrogens with one attached hydrogen (secondary N) is 2. The van der Waals surface area contributed by atoms with Crippen molar-refractivity contribution in [3.8, 4) is 11.5 Å². The van der Waals surface area contributed by atoms with E-state index in [0.717, 1.165) is 28.3 Å². The highest BCUT2D eigenvalue weighted by Gasteiger charge is 2.13. The first-order chi connectivity index (χ1) is 11.6. The Labute approximate surface area is 150 Å². The van der Waals surface area contributed by atoms with Crippen LogP contribution in [0.2, 0.25) is 5.02 Å². The Morgan fingerprint density at radius 1 is 1.21 bits per heavy atom. The SMILES string of the molecule is C/C(=N/NC(=S)NCc1ccc2c(c1)OCO2)c1cccc(Cl)c1. The van der Waals surface area contributed by atoms with E-state index in [1.165, 1.54) is 0 Å². The molecule has 0 bridgehead atoms. The van der Waals surface area contributed by atoms with Crippen LogP contribution in [0, 0.1) is 0 Å². The number of thiocarbonyl (C=S) groups is 1. The third-order valence-corrected chi connectivity index (χ3v) is 3.93. The molecule has 0 aromatic heterocycles. The molecule has 2 aromatic rings. The average molecular weight is 362 g/mol. The molecule has 0 spiro atoms. The molecule has 0 aliphatic carbocycles. The number of hydrogen-bond acceptors (Lipinski definition) is 4. The molecule has 1 aliphatic rings. The van der Waals surface area contributed by atoms with Gasteiger partial charge >= 0.3 is 0 Å². The standard InChI is InChI=1S/C17H16ClN3O2S/c1-11(13-3-2-4-14(18)8-13)20-21-17(24)19-9-12-5-6-15-16(7-12)23-10-22-15/h2-8H,9-10H2,1H3,(H2,19,21,24)/b20-11-. The van der Waals surface area contributed by atoms with Gasteiger partial charge in [0.2, 0.25) is 6.79 Å². The smallest absolute Gasteiger partial charge is 0.231 e. The highest BCUT2D eigenvalue weighted by molar-refractivity contribution is 7.80. The lowest BCUT2D eigenvalue weighted by atomic mass is 10.1. The van der Waals surface area contributed by atoms with Crippen LogP contribution in [0.5, 0.6) is 11.5 Å². The minimum atomic E-state index is 0.268. The Morgan fingerprint density at radius 2 is 2.04 bits per heavy atom. The fourth-order valence-electron chi connectivity index (χ4n) is 2.19. The van der Waals surface area contributed by atoms with Crippen molar-refractivity contribution >= 4 is 34.6 Å². The summed E-state index contributed by atoms with van der Waals surface area (Å²) in [6.07, 6.45) is 0. The van der Waals surface area contributed by atoms with E-state index in [2.05, 4.69) is 15.8 Å². The zero-order valence-electron chi connectivity index (χ0n) is 13.0. The number of fused-ring (bicyclic) bond motifs is 1. The van der Waals surface area contributed by atoms with Crippen molar-refractivity contribution < 1.29 is 9.47 Å². The van der Waals surface area contributed by atoms with Gasteiger partial charge in [0.1, 0.15) is 0 Å². The normalized spacial score (nSPS) is 12.8. The molecule has 2 aromatic carbocycles. The predicted octanol–water partition coefficient (Wildman–Crippen LogP) is 3.46. The second-order valence-electron chi connectivity index (χ2n) is 5.19. The molecule has 0 amide bonds. The minimum Gasteiger partial charge on any atom is -0.454 e. The number of ether oxygens (including phenoxy) is 2. The number of benzene rings is 2. The summed E-state index contributed by atoms with van der Waals surface area (Å²) < 4.78 is 10.6. The van der Waals surface area contributed by atoms with E-state index in [4.69, 9.17) is 33.3 Å². The second-order valence-corrected chi connectivity index (χ2v) is 6.03. The minimum absolute atomic E-state index is 0.268. The molecule has 0 atom stereocenters. The Kier molecular flexibility index (Phi) is 5.17. The highest BCUT2D eigenvalue weighted by atomic mass is 35.5. The zero-order chi connectivity index (χ0) is 16.9. The van der Waals surface area contributed by atoms with Gasteiger partial charge in [-0.05, 0) is 54.5 Å². The maximum atomic E-state index is 5.98. The monoisotopic (exact) mass is 361 g/mol. The third kappa shape index (κ3) is 4.15. The summed E-state index contributed by atoms with van der Waals surface area (Å²) in [6.45, 7) is 2.72.